The van der Waals surface area contributed by atoms with E-state index in [2.05, 4.69) is 4.98 Å². The second-order valence-corrected chi connectivity index (χ2v) is 4.66. The average molecular weight is 291 g/mol. The lowest BCUT2D eigenvalue weighted by molar-refractivity contribution is -0.137. The predicted molar refractivity (Wildman–Crippen MR) is 73.5 cm³/mol. The van der Waals surface area contributed by atoms with Crippen LogP contribution in [0.25, 0.3) is 16.8 Å². The molecule has 108 valence electrons. The SMILES string of the molecule is NCc1cn2cccc2c(-c2ccc(C(F)(F)F)cc2)n1. The smallest absolute Gasteiger partial charge is 0.325 e. The first kappa shape index (κ1) is 13.6. The van der Waals surface area contributed by atoms with Crippen LogP contribution >= 0.6 is 0 Å². The molecule has 0 aliphatic heterocycles. The normalized spacial score (nSPS) is 12.0. The Bertz CT molecular complexity index is 773. The molecule has 3 rings (SSSR count). The summed E-state index contributed by atoms with van der Waals surface area (Å²) in [5.41, 5.74) is 7.69. The Labute approximate surface area is 118 Å². The van der Waals surface area contributed by atoms with Gasteiger partial charge < -0.3 is 10.1 Å². The quantitative estimate of drug-likeness (QED) is 0.785. The summed E-state index contributed by atoms with van der Waals surface area (Å²) in [6.07, 6.45) is -0.678. The van der Waals surface area contributed by atoms with E-state index in [1.165, 1.54) is 12.1 Å². The van der Waals surface area contributed by atoms with E-state index in [0.717, 1.165) is 17.6 Å². The van der Waals surface area contributed by atoms with Crippen molar-refractivity contribution in [3.05, 3.63) is 60.0 Å². The zero-order valence-electron chi connectivity index (χ0n) is 10.9. The van der Waals surface area contributed by atoms with Gasteiger partial charge in [0.05, 0.1) is 22.5 Å². The zero-order chi connectivity index (χ0) is 15.0. The van der Waals surface area contributed by atoms with Gasteiger partial charge in [-0.3, -0.25) is 0 Å². The third kappa shape index (κ3) is 2.50. The van der Waals surface area contributed by atoms with Crippen LogP contribution in [0.15, 0.2) is 48.8 Å². The summed E-state index contributed by atoms with van der Waals surface area (Å²) in [5, 5.41) is 0. The highest BCUT2D eigenvalue weighted by atomic mass is 19.4. The van der Waals surface area contributed by atoms with Gasteiger partial charge in [0.25, 0.3) is 0 Å². The van der Waals surface area contributed by atoms with E-state index in [-0.39, 0.29) is 6.54 Å². The Kier molecular flexibility index (Phi) is 3.17. The maximum absolute atomic E-state index is 12.6. The lowest BCUT2D eigenvalue weighted by Crippen LogP contribution is -2.05. The molecule has 6 heteroatoms. The van der Waals surface area contributed by atoms with Gasteiger partial charge in [-0.05, 0) is 24.3 Å². The number of halogens is 3. The number of nitrogens with two attached hydrogens (primary N) is 1. The van der Waals surface area contributed by atoms with Gasteiger partial charge >= 0.3 is 6.18 Å². The molecule has 1 aromatic carbocycles. The average Bonchev–Trinajstić information content (AvgIpc) is 2.93. The van der Waals surface area contributed by atoms with E-state index in [1.807, 2.05) is 28.9 Å². The van der Waals surface area contributed by atoms with Gasteiger partial charge in [0.15, 0.2) is 0 Å². The molecule has 0 atom stereocenters. The van der Waals surface area contributed by atoms with Gasteiger partial charge in [0.1, 0.15) is 0 Å². The molecule has 0 spiro atoms. The number of hydrogen-bond acceptors (Lipinski definition) is 2. The maximum atomic E-state index is 12.6. The summed E-state index contributed by atoms with van der Waals surface area (Å²) in [7, 11) is 0. The van der Waals surface area contributed by atoms with Crippen LogP contribution in [0, 0.1) is 0 Å². The Morgan fingerprint density at radius 2 is 1.81 bits per heavy atom. The molecule has 0 bridgehead atoms. The highest BCUT2D eigenvalue weighted by Crippen LogP contribution is 2.31. The molecule has 0 amide bonds. The maximum Gasteiger partial charge on any atom is 0.416 e. The molecule has 21 heavy (non-hydrogen) atoms. The number of hydrogen-bond donors (Lipinski definition) is 1. The van der Waals surface area contributed by atoms with Gasteiger partial charge in [0, 0.05) is 24.5 Å². The zero-order valence-corrected chi connectivity index (χ0v) is 10.9. The summed E-state index contributed by atoms with van der Waals surface area (Å²) in [4.78, 5) is 4.43. The molecule has 0 aliphatic rings. The first-order chi connectivity index (χ1) is 9.99. The van der Waals surface area contributed by atoms with Crippen molar-refractivity contribution in [1.29, 1.82) is 0 Å². The van der Waals surface area contributed by atoms with E-state index >= 15 is 0 Å². The van der Waals surface area contributed by atoms with E-state index in [1.54, 1.807) is 0 Å². The molecule has 2 heterocycles. The molecule has 0 radical (unpaired) electrons. The molecule has 0 unspecified atom stereocenters. The highest BCUT2D eigenvalue weighted by molar-refractivity contribution is 5.77. The predicted octanol–water partition coefficient (Wildman–Crippen LogP) is 3.48. The second kappa shape index (κ2) is 4.89. The lowest BCUT2D eigenvalue weighted by atomic mass is 10.1. The monoisotopic (exact) mass is 291 g/mol. The number of aromatic nitrogens is 2. The van der Waals surface area contributed by atoms with Crippen molar-refractivity contribution >= 4 is 5.52 Å². The van der Waals surface area contributed by atoms with E-state index in [4.69, 9.17) is 5.73 Å². The van der Waals surface area contributed by atoms with Crippen LogP contribution in [0.4, 0.5) is 13.2 Å². The first-order valence-corrected chi connectivity index (χ1v) is 6.33. The fraction of sp³-hybridized carbons (Fsp3) is 0.133. The van der Waals surface area contributed by atoms with E-state index in [0.29, 0.717) is 17.0 Å². The standard InChI is InChI=1S/C15H12F3N3/c16-15(17,18)11-5-3-10(4-6-11)14-13-2-1-7-21(13)9-12(8-19)20-14/h1-7,9H,8,19H2. The van der Waals surface area contributed by atoms with Crippen molar-refractivity contribution in [2.24, 2.45) is 5.73 Å². The number of rotatable bonds is 2. The summed E-state index contributed by atoms with van der Waals surface area (Å²) in [6, 6.07) is 8.69. The van der Waals surface area contributed by atoms with Crippen molar-refractivity contribution in [3.8, 4) is 11.3 Å². The van der Waals surface area contributed by atoms with Gasteiger partial charge in [-0.15, -0.1) is 0 Å². The van der Waals surface area contributed by atoms with Crippen molar-refractivity contribution in [2.45, 2.75) is 12.7 Å². The van der Waals surface area contributed by atoms with Gasteiger partial charge in [-0.1, -0.05) is 12.1 Å². The van der Waals surface area contributed by atoms with E-state index < -0.39 is 11.7 Å². The Balaban J connectivity index is 2.13. The van der Waals surface area contributed by atoms with Crippen LogP contribution in [-0.4, -0.2) is 9.38 Å². The fourth-order valence-corrected chi connectivity index (χ4v) is 2.23. The summed E-state index contributed by atoms with van der Waals surface area (Å²) in [6.45, 7) is 0.266. The summed E-state index contributed by atoms with van der Waals surface area (Å²) in [5.74, 6) is 0. The van der Waals surface area contributed by atoms with Crippen LogP contribution in [0.1, 0.15) is 11.3 Å². The van der Waals surface area contributed by atoms with Crippen LogP contribution < -0.4 is 5.73 Å². The van der Waals surface area contributed by atoms with Gasteiger partial charge in [-0.25, -0.2) is 4.98 Å². The molecular weight excluding hydrogens is 279 g/mol. The molecule has 0 saturated heterocycles. The summed E-state index contributed by atoms with van der Waals surface area (Å²) >= 11 is 0. The Hall–Kier alpha value is -2.34. The van der Waals surface area contributed by atoms with Gasteiger partial charge in [-0.2, -0.15) is 13.2 Å². The van der Waals surface area contributed by atoms with Crippen molar-refractivity contribution in [1.82, 2.24) is 9.38 Å². The number of fused-ring (bicyclic) bond motifs is 1. The minimum Gasteiger partial charge on any atom is -0.325 e. The molecule has 2 N–H and O–H groups in total. The Morgan fingerprint density at radius 1 is 1.10 bits per heavy atom. The van der Waals surface area contributed by atoms with Crippen molar-refractivity contribution < 1.29 is 13.2 Å². The highest BCUT2D eigenvalue weighted by Gasteiger charge is 2.30. The third-order valence-electron chi connectivity index (χ3n) is 3.26. The number of nitrogens with zero attached hydrogens (tertiary/aromatic N) is 2. The van der Waals surface area contributed by atoms with Crippen LogP contribution in [-0.2, 0) is 12.7 Å². The van der Waals surface area contributed by atoms with E-state index in [9.17, 15) is 13.2 Å². The van der Waals surface area contributed by atoms with Crippen molar-refractivity contribution in [2.75, 3.05) is 0 Å². The van der Waals surface area contributed by atoms with Crippen LogP contribution in [0.5, 0.6) is 0 Å². The molecule has 0 aliphatic carbocycles. The van der Waals surface area contributed by atoms with Crippen molar-refractivity contribution in [3.63, 3.8) is 0 Å². The molecule has 3 aromatic rings. The minimum atomic E-state index is -4.34. The topological polar surface area (TPSA) is 43.3 Å². The third-order valence-corrected chi connectivity index (χ3v) is 3.26. The lowest BCUT2D eigenvalue weighted by Gasteiger charge is -2.10. The largest absolute Gasteiger partial charge is 0.416 e. The number of benzene rings is 1. The minimum absolute atomic E-state index is 0.266. The molecule has 0 fully saturated rings. The Morgan fingerprint density at radius 3 is 2.43 bits per heavy atom. The molecule has 2 aromatic heterocycles. The molecule has 3 nitrogen and oxygen atoms in total. The summed E-state index contributed by atoms with van der Waals surface area (Å²) < 4.78 is 39.7. The van der Waals surface area contributed by atoms with Gasteiger partial charge in [0.2, 0.25) is 0 Å². The van der Waals surface area contributed by atoms with Crippen LogP contribution in [0.2, 0.25) is 0 Å². The number of alkyl halides is 3. The fourth-order valence-electron chi connectivity index (χ4n) is 2.23. The molecule has 0 saturated carbocycles. The second-order valence-electron chi connectivity index (χ2n) is 4.66. The van der Waals surface area contributed by atoms with Crippen LogP contribution in [0.3, 0.4) is 0 Å². The first-order valence-electron chi connectivity index (χ1n) is 6.33. The molecular formula is C15H12F3N3.